The third-order valence-electron chi connectivity index (χ3n) is 4.39. The molecule has 0 saturated carbocycles. The smallest absolute Gasteiger partial charge is 0.276 e. The van der Waals surface area contributed by atoms with Gasteiger partial charge in [-0.2, -0.15) is 5.10 Å². The number of hydrogen-bond donors (Lipinski definition) is 2. The third-order valence-corrected chi connectivity index (χ3v) is 4.39. The number of imidazole rings is 1. The summed E-state index contributed by atoms with van der Waals surface area (Å²) in [5, 5.41) is 7.09. The van der Waals surface area contributed by atoms with Crippen molar-refractivity contribution in [2.45, 2.75) is 40.3 Å². The molecule has 1 aromatic carbocycles. The monoisotopic (exact) mass is 382 g/mol. The number of fused-ring (bicyclic) bond motifs is 1. The molecule has 2 amide bonds. The number of benzene rings is 1. The van der Waals surface area contributed by atoms with Crippen molar-refractivity contribution in [3.8, 4) is 0 Å². The maximum atomic E-state index is 12.8. The molecule has 3 rings (SSSR count). The number of nitrogens with two attached hydrogens (primary N) is 1. The predicted octanol–water partition coefficient (Wildman–Crippen LogP) is 2.13. The zero-order valence-electron chi connectivity index (χ0n) is 16.0. The fourth-order valence-electron chi connectivity index (χ4n) is 3.20. The van der Waals surface area contributed by atoms with Crippen LogP contribution in [0.3, 0.4) is 0 Å². The van der Waals surface area contributed by atoms with Crippen LogP contribution in [0.4, 0.5) is 5.95 Å². The Morgan fingerprint density at radius 1 is 1.25 bits per heavy atom. The van der Waals surface area contributed by atoms with Crippen molar-refractivity contribution in [3.05, 3.63) is 40.7 Å². The first-order valence-electron chi connectivity index (χ1n) is 9.04. The molecule has 0 spiro atoms. The second kappa shape index (κ2) is 7.63. The van der Waals surface area contributed by atoms with E-state index in [4.69, 9.17) is 5.73 Å². The van der Waals surface area contributed by atoms with Crippen molar-refractivity contribution in [2.75, 3.05) is 5.32 Å². The molecule has 3 aromatic rings. The summed E-state index contributed by atoms with van der Waals surface area (Å²) in [4.78, 5) is 40.4. The van der Waals surface area contributed by atoms with Crippen LogP contribution < -0.4 is 11.1 Å². The van der Waals surface area contributed by atoms with E-state index < -0.39 is 5.91 Å². The molecule has 0 aliphatic heterocycles. The van der Waals surface area contributed by atoms with Crippen LogP contribution in [0.1, 0.15) is 57.2 Å². The number of aromatic nitrogens is 4. The molecular weight excluding hydrogens is 360 g/mol. The van der Waals surface area contributed by atoms with Crippen LogP contribution in [0.5, 0.6) is 0 Å². The molecular formula is C19H22N6O3. The first-order chi connectivity index (χ1) is 13.4. The maximum Gasteiger partial charge on any atom is 0.276 e. The molecule has 2 heterocycles. The molecule has 3 N–H and O–H groups in total. The lowest BCUT2D eigenvalue weighted by atomic mass is 10.1. The van der Waals surface area contributed by atoms with Crippen LogP contribution >= 0.6 is 0 Å². The minimum Gasteiger partial charge on any atom is -0.366 e. The molecule has 146 valence electrons. The minimum atomic E-state index is -0.650. The molecule has 0 saturated heterocycles. The van der Waals surface area contributed by atoms with E-state index in [1.807, 2.05) is 20.8 Å². The molecule has 9 heteroatoms. The number of hydrogen-bond acceptors (Lipinski definition) is 5. The van der Waals surface area contributed by atoms with Gasteiger partial charge in [-0.3, -0.25) is 24.4 Å². The van der Waals surface area contributed by atoms with Gasteiger partial charge in [0.15, 0.2) is 6.29 Å². The predicted molar refractivity (Wildman–Crippen MR) is 105 cm³/mol. The van der Waals surface area contributed by atoms with Gasteiger partial charge in [-0.1, -0.05) is 6.92 Å². The second-order valence-electron chi connectivity index (χ2n) is 6.44. The highest BCUT2D eigenvalue weighted by molar-refractivity contribution is 6.06. The van der Waals surface area contributed by atoms with E-state index in [1.54, 1.807) is 15.3 Å². The highest BCUT2D eigenvalue weighted by Crippen LogP contribution is 2.25. The van der Waals surface area contributed by atoms with E-state index in [-0.39, 0.29) is 11.5 Å². The number of aldehydes is 1. The molecule has 0 unspecified atom stereocenters. The van der Waals surface area contributed by atoms with Crippen LogP contribution in [-0.4, -0.2) is 37.4 Å². The molecule has 0 aliphatic rings. The highest BCUT2D eigenvalue weighted by atomic mass is 16.2. The van der Waals surface area contributed by atoms with Gasteiger partial charge in [0, 0.05) is 24.2 Å². The fourth-order valence-corrected chi connectivity index (χ4v) is 3.20. The van der Waals surface area contributed by atoms with Crippen LogP contribution in [0.15, 0.2) is 18.2 Å². The lowest BCUT2D eigenvalue weighted by Gasteiger charge is -2.10. The fraction of sp³-hybridized carbons (Fsp3) is 0.316. The summed E-state index contributed by atoms with van der Waals surface area (Å²) in [5.41, 5.74) is 7.97. The van der Waals surface area contributed by atoms with Gasteiger partial charge in [-0.25, -0.2) is 4.98 Å². The van der Waals surface area contributed by atoms with Gasteiger partial charge in [-0.15, -0.1) is 0 Å². The number of nitrogens with one attached hydrogen (secondary N) is 1. The minimum absolute atomic E-state index is 0.188. The van der Waals surface area contributed by atoms with Crippen molar-refractivity contribution >= 4 is 35.1 Å². The van der Waals surface area contributed by atoms with Gasteiger partial charge in [0.05, 0.1) is 16.7 Å². The zero-order chi connectivity index (χ0) is 20.4. The number of primary amides is 1. The number of carbonyl (C=O) groups is 3. The molecule has 9 nitrogen and oxygen atoms in total. The lowest BCUT2D eigenvalue weighted by molar-refractivity contribution is 0.0996. The average Bonchev–Trinajstić information content (AvgIpc) is 3.21. The van der Waals surface area contributed by atoms with Gasteiger partial charge < -0.3 is 10.3 Å². The number of rotatable bonds is 7. The molecule has 0 radical (unpaired) electrons. The van der Waals surface area contributed by atoms with Crippen LogP contribution in [0, 0.1) is 6.92 Å². The number of aryl methyl sites for hydroxylation is 3. The summed E-state index contributed by atoms with van der Waals surface area (Å²) in [6.45, 7) is 6.79. The van der Waals surface area contributed by atoms with Gasteiger partial charge in [-0.05, 0) is 38.5 Å². The van der Waals surface area contributed by atoms with Crippen LogP contribution in [0.25, 0.3) is 11.0 Å². The summed E-state index contributed by atoms with van der Waals surface area (Å²) >= 11 is 0. The van der Waals surface area contributed by atoms with Crippen molar-refractivity contribution in [1.82, 2.24) is 19.3 Å². The second-order valence-corrected chi connectivity index (χ2v) is 6.44. The first kappa shape index (κ1) is 19.3. The zero-order valence-corrected chi connectivity index (χ0v) is 16.0. The van der Waals surface area contributed by atoms with E-state index in [9.17, 15) is 14.4 Å². The highest BCUT2D eigenvalue weighted by Gasteiger charge is 2.20. The Hall–Kier alpha value is -3.49. The summed E-state index contributed by atoms with van der Waals surface area (Å²) < 4.78 is 3.38. The van der Waals surface area contributed by atoms with E-state index in [0.29, 0.717) is 47.6 Å². The van der Waals surface area contributed by atoms with Gasteiger partial charge in [0.25, 0.3) is 5.91 Å². The van der Waals surface area contributed by atoms with Gasteiger partial charge >= 0.3 is 0 Å². The number of anilines is 1. The van der Waals surface area contributed by atoms with Gasteiger partial charge in [0.1, 0.15) is 5.69 Å². The van der Waals surface area contributed by atoms with Crippen molar-refractivity contribution in [1.29, 1.82) is 0 Å². The summed E-state index contributed by atoms with van der Waals surface area (Å²) in [6.07, 6.45) is 1.42. The summed E-state index contributed by atoms with van der Waals surface area (Å²) in [5.74, 6) is -0.700. The van der Waals surface area contributed by atoms with E-state index in [0.717, 1.165) is 12.1 Å². The molecule has 0 bridgehead atoms. The molecule has 0 atom stereocenters. The number of amides is 2. The Morgan fingerprint density at radius 2 is 2.00 bits per heavy atom. The number of carbonyl (C=O) groups excluding carboxylic acids is 3. The van der Waals surface area contributed by atoms with E-state index in [2.05, 4.69) is 15.4 Å². The Balaban J connectivity index is 2.11. The van der Waals surface area contributed by atoms with Crippen molar-refractivity contribution in [3.63, 3.8) is 0 Å². The first-order valence-corrected chi connectivity index (χ1v) is 9.04. The van der Waals surface area contributed by atoms with Crippen molar-refractivity contribution in [2.24, 2.45) is 5.73 Å². The third kappa shape index (κ3) is 3.38. The average molecular weight is 382 g/mol. The normalized spacial score (nSPS) is 11.0. The number of nitrogens with zero attached hydrogens (tertiary/aromatic N) is 4. The molecule has 28 heavy (non-hydrogen) atoms. The molecule has 0 fully saturated rings. The summed E-state index contributed by atoms with van der Waals surface area (Å²) in [6, 6.07) is 4.66. The summed E-state index contributed by atoms with van der Waals surface area (Å²) in [7, 11) is 0. The van der Waals surface area contributed by atoms with Crippen LogP contribution in [-0.2, 0) is 13.1 Å². The lowest BCUT2D eigenvalue weighted by Crippen LogP contribution is -2.20. The van der Waals surface area contributed by atoms with Crippen LogP contribution in [0.2, 0.25) is 0 Å². The maximum absolute atomic E-state index is 12.8. The SMILES string of the molecule is CCCn1c(NC(=O)c2cc(C)nn2CC)nc2cc(C(N)=O)cc(C=O)c21. The molecule has 2 aromatic heterocycles. The standard InChI is InChI=1S/C19H22N6O3/c1-4-6-24-16-13(10-26)8-12(17(20)27)9-14(16)21-19(24)22-18(28)15-7-11(3)23-25(15)5-2/h7-10H,4-6H2,1-3H3,(H2,20,27)(H,21,22,28). The van der Waals surface area contributed by atoms with E-state index in [1.165, 1.54) is 12.1 Å². The quantitative estimate of drug-likeness (QED) is 0.606. The Labute approximate surface area is 161 Å². The molecule has 0 aliphatic carbocycles. The topological polar surface area (TPSA) is 125 Å². The largest absolute Gasteiger partial charge is 0.366 e. The Morgan fingerprint density at radius 3 is 2.61 bits per heavy atom. The van der Waals surface area contributed by atoms with Gasteiger partial charge in [0.2, 0.25) is 11.9 Å². The Kier molecular flexibility index (Phi) is 5.25. The van der Waals surface area contributed by atoms with E-state index >= 15 is 0 Å². The van der Waals surface area contributed by atoms with Crippen molar-refractivity contribution < 1.29 is 14.4 Å². The Bertz CT molecular complexity index is 1080.